The second-order valence-corrected chi connectivity index (χ2v) is 8.24. The molecule has 4 rings (SSSR count). The van der Waals surface area contributed by atoms with Gasteiger partial charge in [-0.05, 0) is 56.3 Å². The van der Waals surface area contributed by atoms with Gasteiger partial charge in [0.25, 0.3) is 0 Å². The van der Waals surface area contributed by atoms with E-state index in [4.69, 9.17) is 0 Å². The van der Waals surface area contributed by atoms with Crippen LogP contribution in [-0.4, -0.2) is 24.0 Å². The van der Waals surface area contributed by atoms with Crippen LogP contribution >= 0.6 is 11.3 Å². The molecule has 6 heteroatoms. The lowest BCUT2D eigenvalue weighted by Crippen LogP contribution is -2.31. The number of nitrogens with zero attached hydrogens (tertiary/aromatic N) is 1. The molecule has 2 heterocycles. The minimum Gasteiger partial charge on any atom is -0.317 e. The minimum atomic E-state index is -0.202. The van der Waals surface area contributed by atoms with Gasteiger partial charge in [-0.3, -0.25) is 4.79 Å². The molecule has 2 aliphatic rings. The molecule has 1 unspecified atom stereocenters. The van der Waals surface area contributed by atoms with Gasteiger partial charge < -0.3 is 10.6 Å². The number of rotatable bonds is 4. The fourth-order valence-corrected chi connectivity index (χ4v) is 4.84. The number of halogens is 1. The van der Waals surface area contributed by atoms with Crippen LogP contribution in [-0.2, 0) is 11.2 Å². The van der Waals surface area contributed by atoms with Gasteiger partial charge in [0.1, 0.15) is 5.82 Å². The molecule has 1 aromatic carbocycles. The monoisotopic (exact) mass is 359 g/mol. The molecule has 4 nitrogen and oxygen atoms in total. The topological polar surface area (TPSA) is 54.0 Å². The summed E-state index contributed by atoms with van der Waals surface area (Å²) in [5.41, 5.74) is 1.73. The van der Waals surface area contributed by atoms with Crippen LogP contribution in [0.5, 0.6) is 0 Å². The summed E-state index contributed by atoms with van der Waals surface area (Å²) in [6, 6.07) is 6.79. The van der Waals surface area contributed by atoms with Crippen LogP contribution in [0.15, 0.2) is 24.3 Å². The van der Waals surface area contributed by atoms with Gasteiger partial charge in [-0.1, -0.05) is 18.2 Å². The number of piperidine rings is 1. The number of nitrogens with one attached hydrogen (secondary N) is 2. The van der Waals surface area contributed by atoms with Gasteiger partial charge in [0, 0.05) is 17.2 Å². The summed E-state index contributed by atoms with van der Waals surface area (Å²) in [6.45, 7) is 3.92. The Balaban J connectivity index is 1.42. The fourth-order valence-electron chi connectivity index (χ4n) is 3.85. The highest BCUT2D eigenvalue weighted by Gasteiger charge is 2.57. The normalized spacial score (nSPS) is 21.3. The second-order valence-electron chi connectivity index (χ2n) is 7.15. The van der Waals surface area contributed by atoms with Crippen molar-refractivity contribution < 1.29 is 9.18 Å². The number of carbonyl (C=O) groups is 1. The zero-order valence-electron chi connectivity index (χ0n) is 14.3. The maximum atomic E-state index is 13.8. The zero-order valence-corrected chi connectivity index (χ0v) is 15.1. The highest BCUT2D eigenvalue weighted by atomic mass is 32.1. The van der Waals surface area contributed by atoms with E-state index in [0.717, 1.165) is 42.9 Å². The molecule has 1 atom stereocenters. The van der Waals surface area contributed by atoms with Crippen LogP contribution in [0.3, 0.4) is 0 Å². The van der Waals surface area contributed by atoms with Crippen LogP contribution in [0.2, 0.25) is 0 Å². The summed E-state index contributed by atoms with van der Waals surface area (Å²) in [6.07, 6.45) is 3.67. The molecule has 132 valence electrons. The Morgan fingerprint density at radius 2 is 2.16 bits per heavy atom. The Kier molecular flexibility index (Phi) is 4.33. The second kappa shape index (κ2) is 6.50. The van der Waals surface area contributed by atoms with Gasteiger partial charge in [0.15, 0.2) is 5.13 Å². The van der Waals surface area contributed by atoms with E-state index >= 15 is 0 Å². The van der Waals surface area contributed by atoms with Crippen molar-refractivity contribution in [3.63, 3.8) is 0 Å². The third-order valence-corrected chi connectivity index (χ3v) is 6.61. The average molecular weight is 359 g/mol. The number of amides is 1. The standard InChI is InChI=1S/C19H22FN3OS/c1-12-16(10-13-4-2-3-5-15(13)20)25-18(22-12)23-17(24)14-11-19(14)6-8-21-9-7-19/h2-5,14,21H,6-11H2,1H3,(H,22,23,24). The lowest BCUT2D eigenvalue weighted by Gasteiger charge is -2.22. The molecule has 1 saturated carbocycles. The van der Waals surface area contributed by atoms with E-state index in [1.807, 2.05) is 13.0 Å². The maximum absolute atomic E-state index is 13.8. The first-order valence-corrected chi connectivity index (χ1v) is 9.60. The summed E-state index contributed by atoms with van der Waals surface area (Å²) >= 11 is 1.45. The smallest absolute Gasteiger partial charge is 0.229 e. The van der Waals surface area contributed by atoms with E-state index < -0.39 is 0 Å². The SMILES string of the molecule is Cc1nc(NC(=O)C2CC23CCNCC3)sc1Cc1ccccc1F. The molecule has 1 saturated heterocycles. The molecule has 1 amide bonds. The van der Waals surface area contributed by atoms with Crippen LogP contribution in [0.4, 0.5) is 9.52 Å². The highest BCUT2D eigenvalue weighted by Crippen LogP contribution is 2.58. The van der Waals surface area contributed by atoms with Gasteiger partial charge in [0.2, 0.25) is 5.91 Å². The number of aromatic nitrogens is 1. The predicted molar refractivity (Wildman–Crippen MR) is 97.3 cm³/mol. The summed E-state index contributed by atoms with van der Waals surface area (Å²) in [7, 11) is 0. The number of carbonyl (C=O) groups excluding carboxylic acids is 1. The van der Waals surface area contributed by atoms with E-state index in [1.54, 1.807) is 12.1 Å². The molecule has 2 fully saturated rings. The lowest BCUT2D eigenvalue weighted by molar-refractivity contribution is -0.118. The van der Waals surface area contributed by atoms with Gasteiger partial charge >= 0.3 is 0 Å². The number of benzene rings is 1. The van der Waals surface area contributed by atoms with E-state index in [-0.39, 0.29) is 23.1 Å². The van der Waals surface area contributed by atoms with Crippen molar-refractivity contribution in [1.29, 1.82) is 0 Å². The minimum absolute atomic E-state index is 0.0908. The Morgan fingerprint density at radius 3 is 2.92 bits per heavy atom. The molecule has 2 aromatic rings. The van der Waals surface area contributed by atoms with E-state index in [1.165, 1.54) is 17.4 Å². The first kappa shape index (κ1) is 16.7. The quantitative estimate of drug-likeness (QED) is 0.878. The first-order valence-electron chi connectivity index (χ1n) is 8.79. The van der Waals surface area contributed by atoms with E-state index in [9.17, 15) is 9.18 Å². The number of hydrogen-bond acceptors (Lipinski definition) is 4. The molecular formula is C19H22FN3OS. The third kappa shape index (κ3) is 3.33. The molecule has 1 aromatic heterocycles. The lowest BCUT2D eigenvalue weighted by atomic mass is 9.92. The number of hydrogen-bond donors (Lipinski definition) is 2. The van der Waals surface area contributed by atoms with Gasteiger partial charge in [-0.25, -0.2) is 9.37 Å². The first-order chi connectivity index (χ1) is 12.1. The van der Waals surface area contributed by atoms with Crippen LogP contribution in [0.25, 0.3) is 0 Å². The van der Waals surface area contributed by atoms with Crippen molar-refractivity contribution in [2.45, 2.75) is 32.6 Å². The molecule has 1 spiro atoms. The Bertz CT molecular complexity index is 798. The summed E-state index contributed by atoms with van der Waals surface area (Å²) in [4.78, 5) is 18.0. The van der Waals surface area contributed by atoms with Crippen molar-refractivity contribution in [2.75, 3.05) is 18.4 Å². The zero-order chi connectivity index (χ0) is 17.4. The molecular weight excluding hydrogens is 337 g/mol. The molecule has 0 bridgehead atoms. The molecule has 2 N–H and O–H groups in total. The van der Waals surface area contributed by atoms with Gasteiger partial charge in [-0.2, -0.15) is 0 Å². The fraction of sp³-hybridized carbons (Fsp3) is 0.474. The van der Waals surface area contributed by atoms with Crippen LogP contribution in [0.1, 0.15) is 35.4 Å². The van der Waals surface area contributed by atoms with E-state index in [2.05, 4.69) is 15.6 Å². The van der Waals surface area contributed by atoms with Crippen molar-refractivity contribution in [1.82, 2.24) is 10.3 Å². The summed E-state index contributed by atoms with van der Waals surface area (Å²) in [5.74, 6) is 0.00799. The average Bonchev–Trinajstić information content (AvgIpc) is 3.18. The summed E-state index contributed by atoms with van der Waals surface area (Å²) in [5, 5.41) is 6.98. The molecule has 1 aliphatic carbocycles. The van der Waals surface area contributed by atoms with Crippen molar-refractivity contribution in [3.05, 3.63) is 46.2 Å². The Morgan fingerprint density at radius 1 is 1.40 bits per heavy atom. The number of anilines is 1. The maximum Gasteiger partial charge on any atom is 0.229 e. The van der Waals surface area contributed by atoms with Gasteiger partial charge in [-0.15, -0.1) is 11.3 Å². The number of aryl methyl sites for hydroxylation is 1. The Labute approximate surface area is 150 Å². The Hall–Kier alpha value is -1.79. The largest absolute Gasteiger partial charge is 0.317 e. The predicted octanol–water partition coefficient (Wildman–Crippen LogP) is 3.51. The number of thiazole rings is 1. The van der Waals surface area contributed by atoms with Crippen LogP contribution < -0.4 is 10.6 Å². The molecule has 1 aliphatic heterocycles. The van der Waals surface area contributed by atoms with Gasteiger partial charge in [0.05, 0.1) is 5.69 Å². The third-order valence-electron chi connectivity index (χ3n) is 5.54. The van der Waals surface area contributed by atoms with Crippen LogP contribution in [0, 0.1) is 24.1 Å². The highest BCUT2D eigenvalue weighted by molar-refractivity contribution is 7.15. The van der Waals surface area contributed by atoms with Crippen molar-refractivity contribution >= 4 is 22.4 Å². The summed E-state index contributed by atoms with van der Waals surface area (Å²) < 4.78 is 13.8. The van der Waals surface area contributed by atoms with Crippen molar-refractivity contribution in [2.24, 2.45) is 11.3 Å². The molecule has 0 radical (unpaired) electrons. The van der Waals surface area contributed by atoms with E-state index in [0.29, 0.717) is 17.1 Å². The van der Waals surface area contributed by atoms with Crippen molar-refractivity contribution in [3.8, 4) is 0 Å². The molecule has 25 heavy (non-hydrogen) atoms.